The first-order chi connectivity index (χ1) is 11.1. The molecule has 7 heteroatoms. The van der Waals surface area contributed by atoms with Crippen molar-refractivity contribution in [3.63, 3.8) is 0 Å². The summed E-state index contributed by atoms with van der Waals surface area (Å²) in [6.45, 7) is 3.09. The van der Waals surface area contributed by atoms with E-state index in [-0.39, 0.29) is 11.7 Å². The fourth-order valence-electron chi connectivity index (χ4n) is 3.58. The number of amides is 1. The highest BCUT2D eigenvalue weighted by molar-refractivity contribution is 5.82. The molecule has 0 radical (unpaired) electrons. The van der Waals surface area contributed by atoms with Crippen LogP contribution >= 0.6 is 0 Å². The lowest BCUT2D eigenvalue weighted by atomic mass is 10.0. The number of H-pyrrole nitrogens is 1. The Balaban J connectivity index is 1.52. The summed E-state index contributed by atoms with van der Waals surface area (Å²) < 4.78 is 10.9. The lowest BCUT2D eigenvalue weighted by Crippen LogP contribution is -2.37. The first-order valence-electron chi connectivity index (χ1n) is 7.76. The molecule has 2 saturated heterocycles. The van der Waals surface area contributed by atoms with E-state index in [1.54, 1.807) is 19.1 Å². The highest BCUT2D eigenvalue weighted by Crippen LogP contribution is 2.33. The van der Waals surface area contributed by atoms with Gasteiger partial charge in [-0.25, -0.2) is 4.79 Å². The monoisotopic (exact) mass is 316 g/mol. The van der Waals surface area contributed by atoms with E-state index in [0.717, 1.165) is 48.4 Å². The van der Waals surface area contributed by atoms with E-state index in [9.17, 15) is 4.79 Å². The van der Waals surface area contributed by atoms with Crippen LogP contribution < -0.4 is 4.74 Å². The molecular formula is C16H20N4O3. The summed E-state index contributed by atoms with van der Waals surface area (Å²) in [5.41, 5.74) is 1.65. The zero-order chi connectivity index (χ0) is 16.0. The Morgan fingerprint density at radius 3 is 3.04 bits per heavy atom. The van der Waals surface area contributed by atoms with Crippen LogP contribution in [0, 0.1) is 0 Å². The molecule has 2 aromatic rings. The predicted molar refractivity (Wildman–Crippen MR) is 84.4 cm³/mol. The number of rotatable bonds is 3. The number of fused-ring (bicyclic) bond motifs is 1. The Morgan fingerprint density at radius 2 is 2.30 bits per heavy atom. The van der Waals surface area contributed by atoms with Crippen molar-refractivity contribution in [1.82, 2.24) is 20.0 Å². The Labute approximate surface area is 134 Å². The minimum atomic E-state index is -0.348. The van der Waals surface area contributed by atoms with Crippen LogP contribution in [-0.2, 0) is 11.3 Å². The molecule has 122 valence electrons. The average Bonchev–Trinajstić information content (AvgIpc) is 3.19. The fourth-order valence-corrected chi connectivity index (χ4v) is 3.58. The van der Waals surface area contributed by atoms with Gasteiger partial charge in [0.25, 0.3) is 0 Å². The molecule has 3 heterocycles. The number of nitrogens with zero attached hydrogens (tertiary/aromatic N) is 3. The lowest BCUT2D eigenvalue weighted by molar-refractivity contribution is 0.0626. The van der Waals surface area contributed by atoms with Gasteiger partial charge in [0, 0.05) is 38.5 Å². The number of likely N-dealkylation sites (N-methyl/N-ethyl adjacent to an activating group) is 1. The number of hydrogen-bond acceptors (Lipinski definition) is 5. The lowest BCUT2D eigenvalue weighted by Gasteiger charge is -2.21. The maximum atomic E-state index is 11.7. The molecule has 23 heavy (non-hydrogen) atoms. The zero-order valence-corrected chi connectivity index (χ0v) is 13.3. The van der Waals surface area contributed by atoms with Crippen molar-refractivity contribution in [2.75, 3.05) is 33.8 Å². The van der Waals surface area contributed by atoms with Crippen LogP contribution in [0.2, 0.25) is 0 Å². The largest absolute Gasteiger partial charge is 0.497 e. The Bertz CT molecular complexity index is 759. The maximum absolute atomic E-state index is 11.7. The van der Waals surface area contributed by atoms with Gasteiger partial charge < -0.3 is 14.4 Å². The molecule has 1 amide bonds. The van der Waals surface area contributed by atoms with Crippen LogP contribution in [0.4, 0.5) is 4.79 Å². The van der Waals surface area contributed by atoms with Crippen LogP contribution in [0.3, 0.4) is 0 Å². The van der Waals surface area contributed by atoms with Crippen LogP contribution in [0.5, 0.6) is 5.75 Å². The number of carbonyl (C=O) groups excluding carboxylic acids is 1. The third kappa shape index (κ3) is 2.41. The Morgan fingerprint density at radius 1 is 1.43 bits per heavy atom. The molecular weight excluding hydrogens is 296 g/mol. The van der Waals surface area contributed by atoms with E-state index in [4.69, 9.17) is 9.47 Å². The summed E-state index contributed by atoms with van der Waals surface area (Å²) in [5.74, 6) is 0.824. The molecule has 1 aromatic heterocycles. The minimum Gasteiger partial charge on any atom is -0.497 e. The summed E-state index contributed by atoms with van der Waals surface area (Å²) >= 11 is 0. The average molecular weight is 316 g/mol. The number of methoxy groups -OCH3 is 1. The van der Waals surface area contributed by atoms with Crippen molar-refractivity contribution in [3.05, 3.63) is 23.9 Å². The summed E-state index contributed by atoms with van der Waals surface area (Å²) in [4.78, 5) is 15.6. The molecule has 0 aliphatic carbocycles. The molecule has 2 aliphatic heterocycles. The molecule has 7 nitrogen and oxygen atoms in total. The number of aromatic nitrogens is 2. The standard InChI is InChI=1S/C16H20N4O3/c1-19-9-16(23-15(19)21)5-6-20(10-16)8-14-12-7-11(22-2)3-4-13(12)17-18-14/h3-4,7H,5-6,8-10H2,1-2H3,(H,17,18)/t16-/m0/s1. The molecule has 1 aromatic carbocycles. The van der Waals surface area contributed by atoms with Crippen LogP contribution in [0.15, 0.2) is 18.2 Å². The Hall–Kier alpha value is -2.28. The van der Waals surface area contributed by atoms with Gasteiger partial charge in [-0.15, -0.1) is 0 Å². The smallest absolute Gasteiger partial charge is 0.410 e. The molecule has 1 atom stereocenters. The summed E-state index contributed by atoms with van der Waals surface area (Å²) in [6.07, 6.45) is 0.655. The van der Waals surface area contributed by atoms with Crippen LogP contribution in [0.25, 0.3) is 10.9 Å². The molecule has 2 fully saturated rings. The number of ether oxygens (including phenoxy) is 2. The SMILES string of the molecule is COc1ccc2n[nH]c(CN3CC[C@@]4(C3)CN(C)C(=O)O4)c2c1. The predicted octanol–water partition coefficient (Wildman–Crippen LogP) is 1.60. The van der Waals surface area contributed by atoms with Crippen molar-refractivity contribution >= 4 is 17.0 Å². The summed E-state index contributed by atoms with van der Waals surface area (Å²) in [6, 6.07) is 5.86. The number of hydrogen-bond donors (Lipinski definition) is 1. The molecule has 4 rings (SSSR count). The van der Waals surface area contributed by atoms with Gasteiger partial charge in [0.15, 0.2) is 0 Å². The van der Waals surface area contributed by atoms with Crippen LogP contribution in [0.1, 0.15) is 12.1 Å². The Kier molecular flexibility index (Phi) is 3.19. The molecule has 2 aliphatic rings. The molecule has 0 bridgehead atoms. The maximum Gasteiger partial charge on any atom is 0.410 e. The summed E-state index contributed by atoms with van der Waals surface area (Å²) in [5, 5.41) is 8.55. The van der Waals surface area contributed by atoms with E-state index < -0.39 is 0 Å². The van der Waals surface area contributed by atoms with Gasteiger partial charge >= 0.3 is 6.09 Å². The van der Waals surface area contributed by atoms with Gasteiger partial charge in [-0.3, -0.25) is 10.00 Å². The third-order valence-corrected chi connectivity index (χ3v) is 4.76. The van der Waals surface area contributed by atoms with E-state index >= 15 is 0 Å². The first kappa shape index (κ1) is 14.3. The van der Waals surface area contributed by atoms with Crippen molar-refractivity contribution in [3.8, 4) is 5.75 Å². The van der Waals surface area contributed by atoms with Gasteiger partial charge in [0.2, 0.25) is 0 Å². The quantitative estimate of drug-likeness (QED) is 0.931. The second-order valence-electron chi connectivity index (χ2n) is 6.45. The van der Waals surface area contributed by atoms with Gasteiger partial charge in [-0.2, -0.15) is 5.10 Å². The van der Waals surface area contributed by atoms with Crippen molar-refractivity contribution in [2.24, 2.45) is 0 Å². The van der Waals surface area contributed by atoms with E-state index in [2.05, 4.69) is 15.1 Å². The highest BCUT2D eigenvalue weighted by Gasteiger charge is 2.48. The second-order valence-corrected chi connectivity index (χ2v) is 6.45. The van der Waals surface area contributed by atoms with E-state index in [0.29, 0.717) is 6.54 Å². The number of carbonyl (C=O) groups is 1. The number of aromatic amines is 1. The van der Waals surface area contributed by atoms with E-state index in [1.165, 1.54) is 0 Å². The molecule has 1 N–H and O–H groups in total. The van der Waals surface area contributed by atoms with Gasteiger partial charge in [-0.05, 0) is 18.2 Å². The van der Waals surface area contributed by atoms with Crippen molar-refractivity contribution < 1.29 is 14.3 Å². The fraction of sp³-hybridized carbons (Fsp3) is 0.500. The van der Waals surface area contributed by atoms with Crippen molar-refractivity contribution in [2.45, 2.75) is 18.6 Å². The van der Waals surface area contributed by atoms with Gasteiger partial charge in [0.05, 0.1) is 24.9 Å². The highest BCUT2D eigenvalue weighted by atomic mass is 16.6. The molecule has 1 spiro atoms. The second kappa shape index (κ2) is 5.13. The van der Waals surface area contributed by atoms with Crippen LogP contribution in [-0.4, -0.2) is 65.5 Å². The number of likely N-dealkylation sites (tertiary alicyclic amines) is 1. The van der Waals surface area contributed by atoms with E-state index in [1.807, 2.05) is 18.2 Å². The molecule has 0 unspecified atom stereocenters. The molecule has 0 saturated carbocycles. The van der Waals surface area contributed by atoms with Crippen molar-refractivity contribution in [1.29, 1.82) is 0 Å². The van der Waals surface area contributed by atoms with Gasteiger partial charge in [-0.1, -0.05) is 0 Å². The summed E-state index contributed by atoms with van der Waals surface area (Å²) in [7, 11) is 3.45. The topological polar surface area (TPSA) is 70.7 Å². The number of benzene rings is 1. The third-order valence-electron chi connectivity index (χ3n) is 4.76. The normalized spacial score (nSPS) is 24.8. The first-order valence-corrected chi connectivity index (χ1v) is 7.76. The van der Waals surface area contributed by atoms with Gasteiger partial charge in [0.1, 0.15) is 11.4 Å². The number of nitrogens with one attached hydrogen (secondary N) is 1. The zero-order valence-electron chi connectivity index (χ0n) is 13.3. The minimum absolute atomic E-state index is 0.219.